The van der Waals surface area contributed by atoms with Crippen LogP contribution in [0.25, 0.3) is 0 Å². The number of carbonyl (C=O) groups is 2. The molecule has 1 amide bonds. The fraction of sp³-hybridized carbons (Fsp3) is 0.680. The van der Waals surface area contributed by atoms with Crippen LogP contribution in [0.1, 0.15) is 51.5 Å². The Kier molecular flexibility index (Phi) is 8.21. The number of esters is 1. The topological polar surface area (TPSA) is 53.1 Å². The van der Waals surface area contributed by atoms with Crippen molar-refractivity contribution in [3.8, 4) is 0 Å². The molecule has 2 heterocycles. The number of hydrogen-bond acceptors (Lipinski definition) is 5. The molecule has 2 saturated heterocycles. The molecule has 1 aromatic carbocycles. The number of amides is 1. The van der Waals surface area contributed by atoms with Crippen LogP contribution in [0.2, 0.25) is 10.0 Å². The van der Waals surface area contributed by atoms with E-state index in [-0.39, 0.29) is 30.1 Å². The third kappa shape index (κ3) is 5.84. The molecule has 0 radical (unpaired) electrons. The highest BCUT2D eigenvalue weighted by molar-refractivity contribution is 6.42. The summed E-state index contributed by atoms with van der Waals surface area (Å²) in [6.45, 7) is 7.56. The molecule has 3 fully saturated rings. The minimum absolute atomic E-state index is 0.0905. The predicted molar refractivity (Wildman–Crippen MR) is 131 cm³/mol. The zero-order valence-corrected chi connectivity index (χ0v) is 21.2. The van der Waals surface area contributed by atoms with Gasteiger partial charge in [0.1, 0.15) is 0 Å². The Morgan fingerprint density at radius 3 is 2.42 bits per heavy atom. The number of rotatable bonds is 6. The van der Waals surface area contributed by atoms with Gasteiger partial charge < -0.3 is 9.64 Å². The molecule has 0 aromatic heterocycles. The second kappa shape index (κ2) is 10.9. The van der Waals surface area contributed by atoms with Gasteiger partial charge in [-0.1, -0.05) is 35.7 Å². The number of halogens is 2. The summed E-state index contributed by atoms with van der Waals surface area (Å²) in [4.78, 5) is 33.0. The van der Waals surface area contributed by atoms with Crippen molar-refractivity contribution in [1.29, 1.82) is 0 Å². The Hall–Kier alpha value is -1.34. The summed E-state index contributed by atoms with van der Waals surface area (Å²) in [5, 5.41) is 0.970. The highest BCUT2D eigenvalue weighted by Crippen LogP contribution is 2.35. The number of ether oxygens (including phenoxy) is 1. The Balaban J connectivity index is 1.55. The smallest absolute Gasteiger partial charge is 0.320 e. The fourth-order valence-corrected chi connectivity index (χ4v) is 6.17. The first-order chi connectivity index (χ1) is 15.8. The largest absolute Gasteiger partial charge is 0.462 e. The first-order valence-electron chi connectivity index (χ1n) is 12.2. The molecule has 3 aliphatic rings. The number of carbonyl (C=O) groups excluding carboxylic acids is 2. The minimum Gasteiger partial charge on any atom is -0.462 e. The number of nitrogens with zero attached hydrogens (tertiary/aromatic N) is 3. The molecule has 3 atom stereocenters. The van der Waals surface area contributed by atoms with Gasteiger partial charge in [0.15, 0.2) is 0 Å². The Bertz CT molecular complexity index is 859. The van der Waals surface area contributed by atoms with Crippen molar-refractivity contribution in [2.24, 2.45) is 0 Å². The molecule has 4 rings (SSSR count). The molecular formula is C25H35Cl2N3O3. The van der Waals surface area contributed by atoms with Gasteiger partial charge in [-0.15, -0.1) is 0 Å². The van der Waals surface area contributed by atoms with Crippen molar-refractivity contribution in [3.63, 3.8) is 0 Å². The summed E-state index contributed by atoms with van der Waals surface area (Å²) in [7, 11) is 0. The lowest BCUT2D eigenvalue weighted by atomic mass is 9.81. The first-order valence-corrected chi connectivity index (χ1v) is 13.0. The molecule has 6 nitrogen and oxygen atoms in total. The van der Waals surface area contributed by atoms with E-state index in [1.54, 1.807) is 12.1 Å². The quantitative estimate of drug-likeness (QED) is 0.557. The second-order valence-corrected chi connectivity index (χ2v) is 10.6. The zero-order valence-electron chi connectivity index (χ0n) is 19.6. The van der Waals surface area contributed by atoms with Crippen molar-refractivity contribution in [2.45, 2.75) is 76.6 Å². The number of piperazine rings is 1. The summed E-state index contributed by atoms with van der Waals surface area (Å²) in [5.74, 6) is -0.0541. The van der Waals surface area contributed by atoms with Crippen LogP contribution in [-0.2, 0) is 20.7 Å². The van der Waals surface area contributed by atoms with Crippen molar-refractivity contribution in [2.75, 3.05) is 32.7 Å². The van der Waals surface area contributed by atoms with E-state index in [2.05, 4.69) is 14.7 Å². The zero-order chi connectivity index (χ0) is 23.5. The lowest BCUT2D eigenvalue weighted by Crippen LogP contribution is -2.69. The van der Waals surface area contributed by atoms with E-state index in [4.69, 9.17) is 27.9 Å². The van der Waals surface area contributed by atoms with Gasteiger partial charge in [0, 0.05) is 25.2 Å². The second-order valence-electron chi connectivity index (χ2n) is 9.82. The molecule has 1 aliphatic carbocycles. The van der Waals surface area contributed by atoms with Gasteiger partial charge in [-0.2, -0.15) is 0 Å². The van der Waals surface area contributed by atoms with Crippen LogP contribution in [0.15, 0.2) is 18.2 Å². The van der Waals surface area contributed by atoms with Crippen molar-refractivity contribution in [1.82, 2.24) is 14.7 Å². The first kappa shape index (κ1) is 24.8. The minimum atomic E-state index is -0.178. The molecule has 0 N–H and O–H groups in total. The molecular weight excluding hydrogens is 461 g/mol. The Labute approximate surface area is 207 Å². The molecule has 8 heteroatoms. The fourth-order valence-electron chi connectivity index (χ4n) is 5.85. The standard InChI is InChI=1S/C25H35Cl2N3O3/c1-17(2)33-24(32)16-29-12-13-30(23(31)15-18-8-9-19(26)20(27)14-18)25-21(6-5-7-22(25)29)28-10-3-4-11-28/h8-9,14,17,21-22,25H,3-7,10-13,15-16H2,1-2H3/t21-,22-,25+/m0/s1. The molecule has 0 spiro atoms. The summed E-state index contributed by atoms with van der Waals surface area (Å²) < 4.78 is 5.44. The molecule has 33 heavy (non-hydrogen) atoms. The van der Waals surface area contributed by atoms with E-state index in [1.165, 1.54) is 12.8 Å². The molecule has 0 unspecified atom stereocenters. The molecule has 0 bridgehead atoms. The van der Waals surface area contributed by atoms with Gasteiger partial charge in [0.25, 0.3) is 0 Å². The third-order valence-electron chi connectivity index (χ3n) is 7.21. The predicted octanol–water partition coefficient (Wildman–Crippen LogP) is 4.02. The van der Waals surface area contributed by atoms with Gasteiger partial charge in [0.05, 0.1) is 35.2 Å². The van der Waals surface area contributed by atoms with Crippen molar-refractivity contribution in [3.05, 3.63) is 33.8 Å². The van der Waals surface area contributed by atoms with Crippen molar-refractivity contribution < 1.29 is 14.3 Å². The van der Waals surface area contributed by atoms with Crippen LogP contribution >= 0.6 is 23.2 Å². The van der Waals surface area contributed by atoms with Crippen LogP contribution < -0.4 is 0 Å². The van der Waals surface area contributed by atoms with E-state index < -0.39 is 0 Å². The van der Waals surface area contributed by atoms with Gasteiger partial charge in [0.2, 0.25) is 5.91 Å². The normalized spacial score (nSPS) is 26.5. The Morgan fingerprint density at radius 2 is 1.73 bits per heavy atom. The summed E-state index contributed by atoms with van der Waals surface area (Å²) in [5.41, 5.74) is 0.877. The maximum atomic E-state index is 13.6. The van der Waals surface area contributed by atoms with E-state index in [1.807, 2.05) is 19.9 Å². The maximum absolute atomic E-state index is 13.6. The number of benzene rings is 1. The van der Waals surface area contributed by atoms with Gasteiger partial charge in [-0.3, -0.25) is 19.4 Å². The number of likely N-dealkylation sites (tertiary alicyclic amines) is 1. The third-order valence-corrected chi connectivity index (χ3v) is 7.95. The van der Waals surface area contributed by atoms with E-state index in [0.717, 1.165) is 37.9 Å². The molecule has 1 aromatic rings. The van der Waals surface area contributed by atoms with Crippen LogP contribution in [0.5, 0.6) is 0 Å². The summed E-state index contributed by atoms with van der Waals surface area (Å²) >= 11 is 12.3. The van der Waals surface area contributed by atoms with Gasteiger partial charge >= 0.3 is 5.97 Å². The molecule has 1 saturated carbocycles. The van der Waals surface area contributed by atoms with E-state index in [0.29, 0.717) is 42.1 Å². The SMILES string of the molecule is CC(C)OC(=O)CN1CCN(C(=O)Cc2ccc(Cl)c(Cl)c2)[C@@H]2[C@@H](N3CCCC3)CCC[C@@H]21. The van der Waals surface area contributed by atoms with Crippen molar-refractivity contribution >= 4 is 35.1 Å². The monoisotopic (exact) mass is 495 g/mol. The van der Waals surface area contributed by atoms with Gasteiger partial charge in [-0.25, -0.2) is 0 Å². The van der Waals surface area contributed by atoms with Crippen LogP contribution in [0.3, 0.4) is 0 Å². The average molecular weight is 496 g/mol. The van der Waals surface area contributed by atoms with Gasteiger partial charge in [-0.05, 0) is 70.3 Å². The molecule has 182 valence electrons. The van der Waals surface area contributed by atoms with Crippen LogP contribution in [0, 0.1) is 0 Å². The number of hydrogen-bond donors (Lipinski definition) is 0. The number of fused-ring (bicyclic) bond motifs is 1. The maximum Gasteiger partial charge on any atom is 0.320 e. The van der Waals surface area contributed by atoms with Crippen LogP contribution in [-0.4, -0.2) is 83.5 Å². The summed E-state index contributed by atoms with van der Waals surface area (Å²) in [6.07, 6.45) is 5.84. The highest BCUT2D eigenvalue weighted by Gasteiger charge is 2.47. The van der Waals surface area contributed by atoms with E-state index >= 15 is 0 Å². The lowest BCUT2D eigenvalue weighted by molar-refractivity contribution is -0.154. The lowest BCUT2D eigenvalue weighted by Gasteiger charge is -2.54. The van der Waals surface area contributed by atoms with E-state index in [9.17, 15) is 9.59 Å². The van der Waals surface area contributed by atoms with Crippen LogP contribution in [0.4, 0.5) is 0 Å². The highest BCUT2D eigenvalue weighted by atomic mass is 35.5. The molecule has 2 aliphatic heterocycles. The average Bonchev–Trinajstić information content (AvgIpc) is 3.30. The summed E-state index contributed by atoms with van der Waals surface area (Å²) in [6, 6.07) is 6.02. The Morgan fingerprint density at radius 1 is 1.00 bits per heavy atom.